The number of nitrogens with zero attached hydrogens (tertiary/aromatic N) is 8. The molecular weight excluding hydrogens is 1170 g/mol. The van der Waals surface area contributed by atoms with E-state index < -0.39 is 167 Å². The minimum absolute atomic E-state index is 0.0294. The molecule has 13 atom stereocenters. The van der Waals surface area contributed by atoms with Gasteiger partial charge < -0.3 is 60.3 Å². The highest BCUT2D eigenvalue weighted by atomic mass is 16.7. The molecule has 26 heteroatoms. The normalized spacial score (nSPS) is 27.6. The van der Waals surface area contributed by atoms with Crippen molar-refractivity contribution in [1.82, 2.24) is 60.6 Å². The average Bonchev–Trinajstić information content (AvgIpc) is 0.788. The first kappa shape index (κ1) is 80.5. The highest BCUT2D eigenvalue weighted by molar-refractivity contribution is 6.00. The Morgan fingerprint density at radius 1 is 0.538 bits per heavy atom. The lowest BCUT2D eigenvalue weighted by atomic mass is 9.83. The number of rotatable bonds is 16. The Labute approximate surface area is 542 Å². The summed E-state index contributed by atoms with van der Waals surface area (Å²) in [6.45, 7) is 30.7. The van der Waals surface area contributed by atoms with Crippen molar-refractivity contribution in [3.63, 3.8) is 0 Å². The summed E-state index contributed by atoms with van der Waals surface area (Å²) >= 11 is 0. The van der Waals surface area contributed by atoms with Crippen LogP contribution in [0.4, 0.5) is 4.79 Å². The fraction of sp³-hybridized carbons (Fsp3) is 0.815. The second-order valence-electron chi connectivity index (χ2n) is 28.3. The fourth-order valence-corrected chi connectivity index (χ4v) is 11.8. The Kier molecular flexibility index (Phi) is 30.9. The van der Waals surface area contributed by atoms with Crippen molar-refractivity contribution in [3.8, 4) is 0 Å². The first-order valence-electron chi connectivity index (χ1n) is 32.6. The number of fused-ring (bicyclic) bond motifs is 1. The van der Waals surface area contributed by atoms with Gasteiger partial charge in [0, 0.05) is 61.8 Å². The summed E-state index contributed by atoms with van der Waals surface area (Å²) in [4.78, 5) is 190. The molecule has 12 amide bonds. The zero-order valence-electron chi connectivity index (χ0n) is 59.8. The van der Waals surface area contributed by atoms with E-state index in [9.17, 15) is 38.4 Å². The predicted molar refractivity (Wildman–Crippen MR) is 345 cm³/mol. The van der Waals surface area contributed by atoms with Crippen molar-refractivity contribution < 1.29 is 67.1 Å². The van der Waals surface area contributed by atoms with E-state index >= 15 is 19.2 Å². The SMILES string of the molecule is CCCC[C@@H](C)[C@H]1ON2C(=O)[C@H](C(C)C)N(C)C(=O)[C@H](CC(C)C)N(C)C(=O)[C@H](CC(C)C)N(C)C(=O)[C@@H](C)NC(=O)[C@H](C)NC(=O)[C@H](CC(C)C)N(C)C(=O)[C@H](C(C)C)NC(=O)[C@H](C(C)(C)COC(=O)N(C)C)N(C)C(=O)[C@@H](C)N(C)C(=O)[C@H](CC)NC(=O)[C@H]12. The van der Waals surface area contributed by atoms with Gasteiger partial charge >= 0.3 is 6.09 Å². The van der Waals surface area contributed by atoms with Crippen LogP contribution >= 0.6 is 0 Å². The lowest BCUT2D eigenvalue weighted by molar-refractivity contribution is -0.322. The van der Waals surface area contributed by atoms with Crippen molar-refractivity contribution >= 4 is 71.1 Å². The zero-order chi connectivity index (χ0) is 70.3. The van der Waals surface area contributed by atoms with Gasteiger partial charge in [0.05, 0.1) is 0 Å². The lowest BCUT2D eigenvalue weighted by Crippen LogP contribution is -2.72. The van der Waals surface area contributed by atoms with Crippen LogP contribution < -0.4 is 21.3 Å². The molecule has 91 heavy (non-hydrogen) atoms. The lowest BCUT2D eigenvalue weighted by Gasteiger charge is -2.50. The first-order chi connectivity index (χ1) is 41.9. The molecule has 0 aromatic heterocycles. The molecule has 0 spiro atoms. The second kappa shape index (κ2) is 34.9. The summed E-state index contributed by atoms with van der Waals surface area (Å²) in [5.41, 5.74) is -1.39. The maximum absolute atomic E-state index is 15.2. The van der Waals surface area contributed by atoms with Crippen molar-refractivity contribution in [3.05, 3.63) is 0 Å². The van der Waals surface area contributed by atoms with Gasteiger partial charge in [-0.2, -0.15) is 0 Å². The number of hydroxylamine groups is 2. The topological polar surface area (TPSA) is 297 Å². The molecule has 0 radical (unpaired) electrons. The molecule has 2 heterocycles. The van der Waals surface area contributed by atoms with Gasteiger partial charge in [-0.1, -0.05) is 117 Å². The van der Waals surface area contributed by atoms with Crippen LogP contribution in [-0.4, -0.2) is 246 Å². The average molecular weight is 1290 g/mol. The van der Waals surface area contributed by atoms with Crippen LogP contribution in [0.5, 0.6) is 0 Å². The van der Waals surface area contributed by atoms with Crippen LogP contribution in [0.2, 0.25) is 0 Å². The smallest absolute Gasteiger partial charge is 0.409 e. The van der Waals surface area contributed by atoms with E-state index in [-0.39, 0.29) is 49.4 Å². The summed E-state index contributed by atoms with van der Waals surface area (Å²) in [5, 5.41) is 12.0. The van der Waals surface area contributed by atoms with Crippen molar-refractivity contribution in [1.29, 1.82) is 0 Å². The molecule has 0 bridgehead atoms. The molecule has 0 saturated carbocycles. The standard InChI is InChI=1S/C65H116N12O14/c1-27-29-30-40(13)51-50-55(80)68-44(28-2)59(84)71(21)43(16)58(83)76(26)52(65(17,18)34-90-64(89)70(19)20)56(81)69-48(38(9)10)62(87)72(22)45(31-35(3)4)54(79)66-41(14)53(78)67-42(15)57(82)73(23)46(32-36(5)6)60(85)74(24)47(33-37(7)8)61(86)75(25)49(39(11)12)63(88)77(50)91-51/h35-52H,27-34H2,1-26H3,(H,66,79)(H,67,78)(H,68,80)(H,69,81)/t40-,41+,42-,43-,44+,45+,46+,47+,48+,49+,50+,51-,52-/m1/s1. The highest BCUT2D eigenvalue weighted by Crippen LogP contribution is 2.35. The number of carbonyl (C=O) groups is 12. The summed E-state index contributed by atoms with van der Waals surface area (Å²) in [6.07, 6.45) is 1.12. The molecule has 0 aromatic carbocycles. The predicted octanol–water partition coefficient (Wildman–Crippen LogP) is 3.88. The molecule has 0 unspecified atom stereocenters. The third-order valence-electron chi connectivity index (χ3n) is 17.6. The van der Waals surface area contributed by atoms with Gasteiger partial charge in [-0.05, 0) is 88.4 Å². The summed E-state index contributed by atoms with van der Waals surface area (Å²) in [5.74, 6) is -9.64. The van der Waals surface area contributed by atoms with Crippen LogP contribution in [0.1, 0.15) is 170 Å². The van der Waals surface area contributed by atoms with Crippen LogP contribution in [0.25, 0.3) is 0 Å². The molecule has 2 aliphatic rings. The fourth-order valence-electron chi connectivity index (χ4n) is 11.8. The van der Waals surface area contributed by atoms with E-state index in [0.717, 1.165) is 27.7 Å². The molecule has 2 saturated heterocycles. The molecule has 0 aromatic rings. The third-order valence-corrected chi connectivity index (χ3v) is 17.6. The molecule has 2 fully saturated rings. The van der Waals surface area contributed by atoms with Gasteiger partial charge in [-0.25, -0.2) is 9.86 Å². The van der Waals surface area contributed by atoms with E-state index in [1.54, 1.807) is 48.5 Å². The molecule has 2 aliphatic heterocycles. The number of likely N-dealkylation sites (N-methyl/N-ethyl adjacent to an activating group) is 6. The molecule has 26 nitrogen and oxygen atoms in total. The van der Waals surface area contributed by atoms with Gasteiger partial charge in [-0.15, -0.1) is 0 Å². The van der Waals surface area contributed by atoms with E-state index in [1.807, 2.05) is 55.4 Å². The van der Waals surface area contributed by atoms with E-state index in [1.165, 1.54) is 102 Å². The van der Waals surface area contributed by atoms with E-state index in [4.69, 9.17) is 9.57 Å². The first-order valence-corrected chi connectivity index (χ1v) is 32.6. The molecule has 520 valence electrons. The molecule has 0 aliphatic carbocycles. The highest BCUT2D eigenvalue weighted by Gasteiger charge is 2.55. The maximum Gasteiger partial charge on any atom is 0.409 e. The van der Waals surface area contributed by atoms with Gasteiger partial charge in [0.25, 0.3) is 5.91 Å². The van der Waals surface area contributed by atoms with Crippen molar-refractivity contribution in [2.75, 3.05) is 63.0 Å². The van der Waals surface area contributed by atoms with E-state index in [0.29, 0.717) is 6.42 Å². The van der Waals surface area contributed by atoms with Gasteiger partial charge in [-0.3, -0.25) is 57.6 Å². The Hall–Kier alpha value is -6.60. The van der Waals surface area contributed by atoms with Crippen LogP contribution in [-0.2, 0) is 62.3 Å². The van der Waals surface area contributed by atoms with Crippen LogP contribution in [0.3, 0.4) is 0 Å². The third kappa shape index (κ3) is 20.7. The zero-order valence-corrected chi connectivity index (χ0v) is 59.8. The number of amides is 12. The van der Waals surface area contributed by atoms with Crippen molar-refractivity contribution in [2.24, 2.45) is 40.9 Å². The molecule has 2 rings (SSSR count). The van der Waals surface area contributed by atoms with E-state index in [2.05, 4.69) is 21.3 Å². The minimum Gasteiger partial charge on any atom is -0.449 e. The van der Waals surface area contributed by atoms with Crippen LogP contribution in [0, 0.1) is 40.9 Å². The maximum atomic E-state index is 15.2. The summed E-state index contributed by atoms with van der Waals surface area (Å²) in [7, 11) is 11.4. The number of ether oxygens (including phenoxy) is 1. The van der Waals surface area contributed by atoms with Gasteiger partial charge in [0.1, 0.15) is 73.1 Å². The summed E-state index contributed by atoms with van der Waals surface area (Å²) < 4.78 is 5.61. The number of hydrogen-bond donors (Lipinski definition) is 4. The second-order valence-corrected chi connectivity index (χ2v) is 28.3. The van der Waals surface area contributed by atoms with Gasteiger partial charge in [0.2, 0.25) is 59.1 Å². The Morgan fingerprint density at radius 3 is 1.49 bits per heavy atom. The van der Waals surface area contributed by atoms with Gasteiger partial charge in [0.15, 0.2) is 6.04 Å². The largest absolute Gasteiger partial charge is 0.449 e. The summed E-state index contributed by atoms with van der Waals surface area (Å²) in [6, 6.07) is -13.9. The number of nitrogens with one attached hydrogen (secondary N) is 4. The Morgan fingerprint density at radius 2 is 1.02 bits per heavy atom. The molecule has 4 N–H and O–H groups in total. The van der Waals surface area contributed by atoms with Crippen LogP contribution in [0.15, 0.2) is 0 Å². The Balaban J connectivity index is 3.04. The number of hydrogen-bond acceptors (Lipinski definition) is 14. The number of unbranched alkanes of at least 4 members (excludes halogenated alkanes) is 1. The minimum atomic E-state index is -1.50. The van der Waals surface area contributed by atoms with Crippen molar-refractivity contribution in [2.45, 2.75) is 242 Å². The molecular formula is C65H116N12O14. The monoisotopic (exact) mass is 1290 g/mol. The quantitative estimate of drug-likeness (QED) is 0.171. The Bertz CT molecular complexity index is 2560. The number of carbonyl (C=O) groups excluding carboxylic acids is 12.